The summed E-state index contributed by atoms with van der Waals surface area (Å²) in [5.74, 6) is -1.22. The number of alkyl halides is 3. The molecule has 0 fully saturated rings. The van der Waals surface area contributed by atoms with E-state index < -0.39 is 31.5 Å². The molecule has 0 saturated heterocycles. The Labute approximate surface area is 96.0 Å². The average Bonchev–Trinajstić information content (AvgIpc) is 2.09. The first-order valence-electron chi connectivity index (χ1n) is 3.91. The van der Waals surface area contributed by atoms with Gasteiger partial charge in [0.05, 0.1) is 13.2 Å². The minimum Gasteiger partial charge on any atom is -0.382 e. The van der Waals surface area contributed by atoms with E-state index in [0.717, 1.165) is 0 Å². The number of hydrogen-bond acceptors (Lipinski definition) is 6. The highest BCUT2D eigenvalue weighted by Crippen LogP contribution is 2.22. The lowest BCUT2D eigenvalue weighted by molar-refractivity contribution is -0.0441. The van der Waals surface area contributed by atoms with Crippen LogP contribution in [0.5, 0.6) is 0 Å². The molecular weight excluding hydrogens is 291 g/mol. The van der Waals surface area contributed by atoms with E-state index in [1.807, 2.05) is 0 Å². The van der Waals surface area contributed by atoms with Crippen molar-refractivity contribution >= 4 is 20.0 Å². The zero-order valence-electron chi connectivity index (χ0n) is 8.52. The van der Waals surface area contributed by atoms with Gasteiger partial charge in [-0.25, -0.2) is 16.8 Å². The van der Waals surface area contributed by atoms with Gasteiger partial charge >= 0.3 is 15.5 Å². The van der Waals surface area contributed by atoms with Crippen molar-refractivity contribution in [1.29, 1.82) is 0 Å². The third kappa shape index (κ3) is 6.16. The van der Waals surface area contributed by atoms with Crippen molar-refractivity contribution in [3.63, 3.8) is 0 Å². The lowest BCUT2D eigenvalue weighted by Gasteiger charge is -2.10. The predicted molar refractivity (Wildman–Crippen MR) is 49.7 cm³/mol. The Kier molecular flexibility index (Phi) is 5.80. The molecule has 0 rings (SSSR count). The van der Waals surface area contributed by atoms with Crippen LogP contribution in [0, 0.1) is 0 Å². The second-order valence-corrected chi connectivity index (χ2v) is 6.27. The summed E-state index contributed by atoms with van der Waals surface area (Å²) < 4.78 is 87.6. The largest absolute Gasteiger partial charge is 0.512 e. The minimum absolute atomic E-state index is 0.0154. The molecule has 0 heterocycles. The summed E-state index contributed by atoms with van der Waals surface area (Å²) in [6, 6.07) is 0. The molecule has 0 aliphatic carbocycles. The second-order valence-electron chi connectivity index (χ2n) is 2.67. The topological polar surface area (TPSA) is 98.8 Å². The first-order chi connectivity index (χ1) is 7.52. The van der Waals surface area contributed by atoms with Gasteiger partial charge in [0, 0.05) is 7.11 Å². The van der Waals surface area contributed by atoms with E-state index in [2.05, 4.69) is 9.47 Å². The fraction of sp³-hybridized carbons (Fsp3) is 1.00. The van der Waals surface area contributed by atoms with Gasteiger partial charge in [-0.2, -0.15) is 13.2 Å². The molecule has 0 bridgehead atoms. The predicted octanol–water partition coefficient (Wildman–Crippen LogP) is -0.624. The molecule has 0 aliphatic rings. The number of halogens is 3. The van der Waals surface area contributed by atoms with Crippen LogP contribution in [0.15, 0.2) is 0 Å². The monoisotopic (exact) mass is 301 g/mol. The molecular formula is C5H10F3NO6S2. The normalized spacial score (nSPS) is 13.9. The molecule has 0 atom stereocenters. The maximum Gasteiger partial charge on any atom is 0.512 e. The van der Waals surface area contributed by atoms with Crippen molar-refractivity contribution in [2.75, 3.05) is 26.3 Å². The Morgan fingerprint density at radius 1 is 1.12 bits per heavy atom. The maximum absolute atomic E-state index is 11.8. The van der Waals surface area contributed by atoms with Gasteiger partial charge in [0.25, 0.3) is 0 Å². The van der Waals surface area contributed by atoms with E-state index in [-0.39, 0.29) is 13.2 Å². The Morgan fingerprint density at radius 3 is 2.06 bits per heavy atom. The lowest BCUT2D eigenvalue weighted by atomic mass is 10.8. The molecule has 1 N–H and O–H groups in total. The van der Waals surface area contributed by atoms with Crippen molar-refractivity contribution in [1.82, 2.24) is 4.13 Å². The van der Waals surface area contributed by atoms with Crippen LogP contribution in [0.25, 0.3) is 0 Å². The quantitative estimate of drug-likeness (QED) is 0.629. The summed E-state index contributed by atoms with van der Waals surface area (Å²) in [5.41, 5.74) is -5.70. The van der Waals surface area contributed by atoms with Gasteiger partial charge < -0.3 is 9.47 Å². The molecule has 0 aromatic heterocycles. The Balaban J connectivity index is 4.47. The second kappa shape index (κ2) is 5.95. The Hall–Kier alpha value is -0.430. The van der Waals surface area contributed by atoms with E-state index in [1.54, 1.807) is 0 Å². The number of sulfonamides is 2. The van der Waals surface area contributed by atoms with Crippen LogP contribution in [-0.4, -0.2) is 48.6 Å². The van der Waals surface area contributed by atoms with Crippen molar-refractivity contribution in [3.05, 3.63) is 0 Å². The molecule has 7 nitrogen and oxygen atoms in total. The number of hydrogen-bond donors (Lipinski definition) is 1. The Bertz CT molecular complexity index is 427. The van der Waals surface area contributed by atoms with Gasteiger partial charge in [0.2, 0.25) is 10.0 Å². The van der Waals surface area contributed by atoms with Crippen LogP contribution < -0.4 is 4.13 Å². The van der Waals surface area contributed by atoms with E-state index in [1.165, 1.54) is 7.11 Å². The molecule has 0 amide bonds. The summed E-state index contributed by atoms with van der Waals surface area (Å²) in [6.07, 6.45) is 0. The SMILES string of the molecule is COCCOCS(=O)(=O)NS(=O)(=O)C(F)(F)F. The van der Waals surface area contributed by atoms with Crippen molar-refractivity contribution in [2.45, 2.75) is 5.51 Å². The molecule has 12 heteroatoms. The van der Waals surface area contributed by atoms with E-state index >= 15 is 0 Å². The van der Waals surface area contributed by atoms with E-state index in [4.69, 9.17) is 0 Å². The average molecular weight is 301 g/mol. The van der Waals surface area contributed by atoms with Crippen LogP contribution >= 0.6 is 0 Å². The van der Waals surface area contributed by atoms with Crippen LogP contribution in [0.3, 0.4) is 0 Å². The molecule has 17 heavy (non-hydrogen) atoms. The molecule has 0 radical (unpaired) electrons. The fourth-order valence-corrected chi connectivity index (χ4v) is 2.79. The standard InChI is InChI=1S/C5H10F3NO6S2/c1-14-2-3-15-4-16(10,11)9-17(12,13)5(6,7)8/h9H,2-4H2,1H3. The molecule has 0 spiro atoms. The fourth-order valence-electron chi connectivity index (χ4n) is 0.549. The van der Waals surface area contributed by atoms with Gasteiger partial charge in [-0.05, 0) is 0 Å². The Morgan fingerprint density at radius 2 is 1.65 bits per heavy atom. The van der Waals surface area contributed by atoms with Crippen molar-refractivity contribution < 1.29 is 39.5 Å². The zero-order valence-corrected chi connectivity index (χ0v) is 10.2. The third-order valence-electron chi connectivity index (χ3n) is 1.21. The van der Waals surface area contributed by atoms with Gasteiger partial charge in [0.15, 0.2) is 5.94 Å². The molecule has 0 aromatic carbocycles. The number of ether oxygens (including phenoxy) is 2. The zero-order chi connectivity index (χ0) is 13.7. The minimum atomic E-state index is -5.95. The molecule has 0 unspecified atom stereocenters. The molecule has 0 saturated carbocycles. The first-order valence-corrected chi connectivity index (χ1v) is 7.04. The van der Waals surface area contributed by atoms with Gasteiger partial charge in [-0.1, -0.05) is 4.13 Å². The molecule has 0 aromatic rings. The molecule has 0 aliphatic heterocycles. The number of nitrogens with one attached hydrogen (secondary N) is 1. The molecule has 104 valence electrons. The van der Waals surface area contributed by atoms with Gasteiger partial charge in [-0.3, -0.25) is 0 Å². The number of methoxy groups -OCH3 is 1. The lowest BCUT2D eigenvalue weighted by Crippen LogP contribution is -2.41. The van der Waals surface area contributed by atoms with Gasteiger partial charge in [-0.15, -0.1) is 0 Å². The summed E-state index contributed by atoms with van der Waals surface area (Å²) in [5, 5.41) is 0. The van der Waals surface area contributed by atoms with E-state index in [0.29, 0.717) is 4.13 Å². The van der Waals surface area contributed by atoms with Crippen LogP contribution in [0.2, 0.25) is 0 Å². The third-order valence-corrected chi connectivity index (χ3v) is 4.19. The first kappa shape index (κ1) is 16.6. The van der Waals surface area contributed by atoms with Crippen molar-refractivity contribution in [3.8, 4) is 0 Å². The summed E-state index contributed by atoms with van der Waals surface area (Å²) >= 11 is 0. The van der Waals surface area contributed by atoms with Crippen LogP contribution in [-0.2, 0) is 29.5 Å². The van der Waals surface area contributed by atoms with Crippen molar-refractivity contribution in [2.24, 2.45) is 0 Å². The number of rotatable bonds is 7. The van der Waals surface area contributed by atoms with Crippen LogP contribution in [0.4, 0.5) is 13.2 Å². The maximum atomic E-state index is 11.8. The summed E-state index contributed by atoms with van der Waals surface area (Å²) in [7, 11) is -9.39. The van der Waals surface area contributed by atoms with E-state index in [9.17, 15) is 30.0 Å². The summed E-state index contributed by atoms with van der Waals surface area (Å²) in [4.78, 5) is 0. The smallest absolute Gasteiger partial charge is 0.382 e. The van der Waals surface area contributed by atoms with Crippen LogP contribution in [0.1, 0.15) is 0 Å². The highest BCUT2D eigenvalue weighted by Gasteiger charge is 2.48. The highest BCUT2D eigenvalue weighted by atomic mass is 32.3. The van der Waals surface area contributed by atoms with Gasteiger partial charge in [0.1, 0.15) is 0 Å². The highest BCUT2D eigenvalue weighted by molar-refractivity contribution is 8.05. The summed E-state index contributed by atoms with van der Waals surface area (Å²) in [6.45, 7) is -0.189.